The third-order valence-electron chi connectivity index (χ3n) is 2.24. The second-order valence-corrected chi connectivity index (χ2v) is 4.36. The predicted octanol–water partition coefficient (Wildman–Crippen LogP) is 3.11. The van der Waals surface area contributed by atoms with Gasteiger partial charge in [-0.15, -0.1) is 11.8 Å². The lowest BCUT2D eigenvalue weighted by Gasteiger charge is -2.13. The lowest BCUT2D eigenvalue weighted by atomic mass is 10.1. The van der Waals surface area contributed by atoms with Gasteiger partial charge < -0.3 is 5.32 Å². The molecule has 0 aromatic heterocycles. The molecule has 0 bridgehead atoms. The van der Waals surface area contributed by atoms with Crippen molar-refractivity contribution < 1.29 is 0 Å². The van der Waals surface area contributed by atoms with Gasteiger partial charge in [-0.1, -0.05) is 23.8 Å². The van der Waals surface area contributed by atoms with Gasteiger partial charge in [-0.25, -0.2) is 0 Å². The molecular formula is C11H13NS. The topological polar surface area (TPSA) is 12.0 Å². The molecular weight excluding hydrogens is 178 g/mol. The molecule has 1 heterocycles. The predicted molar refractivity (Wildman–Crippen MR) is 58.5 cm³/mol. The molecule has 1 N–H and O–H groups in total. The van der Waals surface area contributed by atoms with Crippen LogP contribution in [0, 0.1) is 13.8 Å². The maximum Gasteiger partial charge on any atom is 0.102 e. The van der Waals surface area contributed by atoms with Crippen LogP contribution in [0.15, 0.2) is 29.8 Å². The average molecular weight is 191 g/mol. The van der Waals surface area contributed by atoms with Crippen LogP contribution in [0.25, 0.3) is 0 Å². The van der Waals surface area contributed by atoms with Crippen LogP contribution in [-0.4, -0.2) is 0 Å². The lowest BCUT2D eigenvalue weighted by molar-refractivity contribution is 0.854. The number of hydrogen-bond donors (Lipinski definition) is 1. The summed E-state index contributed by atoms with van der Waals surface area (Å²) in [7, 11) is 0. The molecule has 1 nitrogen and oxygen atoms in total. The van der Waals surface area contributed by atoms with Crippen molar-refractivity contribution in [2.24, 2.45) is 0 Å². The molecule has 0 aliphatic carbocycles. The fourth-order valence-electron chi connectivity index (χ4n) is 1.57. The summed E-state index contributed by atoms with van der Waals surface area (Å²) in [5.74, 6) is 0. The Kier molecular flexibility index (Phi) is 2.32. The highest BCUT2D eigenvalue weighted by molar-refractivity contribution is 8.02. The number of rotatable bonds is 1. The molecule has 68 valence electrons. The monoisotopic (exact) mass is 191 g/mol. The van der Waals surface area contributed by atoms with Crippen LogP contribution in [0.3, 0.4) is 0 Å². The molecule has 0 radical (unpaired) electrons. The van der Waals surface area contributed by atoms with Crippen molar-refractivity contribution in [3.63, 3.8) is 0 Å². The first kappa shape index (κ1) is 8.70. The van der Waals surface area contributed by atoms with Gasteiger partial charge in [0.2, 0.25) is 0 Å². The van der Waals surface area contributed by atoms with Gasteiger partial charge in [0, 0.05) is 6.20 Å². The number of aryl methyl sites for hydroxylation is 2. The van der Waals surface area contributed by atoms with Gasteiger partial charge >= 0.3 is 0 Å². The minimum atomic E-state index is 0.417. The zero-order valence-electron chi connectivity index (χ0n) is 7.87. The quantitative estimate of drug-likeness (QED) is 0.732. The molecule has 1 aromatic rings. The Morgan fingerprint density at radius 2 is 2.15 bits per heavy atom. The smallest absolute Gasteiger partial charge is 0.102 e. The van der Waals surface area contributed by atoms with Crippen molar-refractivity contribution in [1.82, 2.24) is 5.32 Å². The largest absolute Gasteiger partial charge is 0.375 e. The van der Waals surface area contributed by atoms with Gasteiger partial charge in [-0.2, -0.15) is 0 Å². The second-order valence-electron chi connectivity index (χ2n) is 3.35. The highest BCUT2D eigenvalue weighted by Gasteiger charge is 2.14. The zero-order valence-corrected chi connectivity index (χ0v) is 8.69. The van der Waals surface area contributed by atoms with Crippen molar-refractivity contribution in [3.05, 3.63) is 46.5 Å². The van der Waals surface area contributed by atoms with Gasteiger partial charge in [0.15, 0.2) is 0 Å². The Morgan fingerprint density at radius 1 is 1.31 bits per heavy atom. The minimum Gasteiger partial charge on any atom is -0.375 e. The van der Waals surface area contributed by atoms with E-state index in [1.54, 1.807) is 0 Å². The molecule has 2 heteroatoms. The van der Waals surface area contributed by atoms with Crippen LogP contribution in [0.4, 0.5) is 0 Å². The van der Waals surface area contributed by atoms with Gasteiger partial charge in [-0.3, -0.25) is 0 Å². The third kappa shape index (κ3) is 1.73. The van der Waals surface area contributed by atoms with E-state index in [9.17, 15) is 0 Å². The molecule has 0 spiro atoms. The summed E-state index contributed by atoms with van der Waals surface area (Å²) in [6.45, 7) is 4.30. The van der Waals surface area contributed by atoms with E-state index >= 15 is 0 Å². The Labute approximate surface area is 83.2 Å². The summed E-state index contributed by atoms with van der Waals surface area (Å²) in [6, 6.07) is 6.61. The van der Waals surface area contributed by atoms with Crippen LogP contribution >= 0.6 is 11.8 Å². The van der Waals surface area contributed by atoms with Crippen LogP contribution in [-0.2, 0) is 0 Å². The number of hydrogen-bond acceptors (Lipinski definition) is 2. The van der Waals surface area contributed by atoms with Gasteiger partial charge in [0.1, 0.15) is 5.37 Å². The molecule has 2 rings (SSSR count). The molecule has 0 saturated heterocycles. The maximum atomic E-state index is 3.32. The van der Waals surface area contributed by atoms with Crippen molar-refractivity contribution in [2.45, 2.75) is 19.2 Å². The summed E-state index contributed by atoms with van der Waals surface area (Å²) in [4.78, 5) is 0. The Balaban J connectivity index is 2.30. The Hall–Kier alpha value is -0.890. The highest BCUT2D eigenvalue weighted by atomic mass is 32.2. The molecule has 0 fully saturated rings. The normalized spacial score (nSPS) is 20.3. The number of nitrogens with one attached hydrogen (secondary N) is 1. The number of benzene rings is 1. The average Bonchev–Trinajstić information content (AvgIpc) is 2.56. The van der Waals surface area contributed by atoms with Gasteiger partial charge in [0.25, 0.3) is 0 Å². The van der Waals surface area contributed by atoms with Crippen molar-refractivity contribution >= 4 is 11.8 Å². The second kappa shape index (κ2) is 3.46. The van der Waals surface area contributed by atoms with Crippen LogP contribution < -0.4 is 5.32 Å². The first-order valence-corrected chi connectivity index (χ1v) is 5.35. The molecule has 1 aliphatic heterocycles. The highest BCUT2D eigenvalue weighted by Crippen LogP contribution is 2.32. The number of thioether (sulfide) groups is 1. The van der Waals surface area contributed by atoms with Crippen molar-refractivity contribution in [1.29, 1.82) is 0 Å². The molecule has 1 aromatic carbocycles. The van der Waals surface area contributed by atoms with Gasteiger partial charge in [0.05, 0.1) is 0 Å². The Bertz CT molecular complexity index is 336. The van der Waals surface area contributed by atoms with Crippen molar-refractivity contribution in [3.8, 4) is 0 Å². The molecule has 1 unspecified atom stereocenters. The summed E-state index contributed by atoms with van der Waals surface area (Å²) in [5, 5.41) is 5.83. The SMILES string of the molecule is Cc1ccc(C2NC=CS2)c(C)c1. The lowest BCUT2D eigenvalue weighted by Crippen LogP contribution is -2.08. The fourth-order valence-corrected chi connectivity index (χ4v) is 2.45. The van der Waals surface area contributed by atoms with E-state index in [1.807, 2.05) is 18.0 Å². The van der Waals surface area contributed by atoms with E-state index in [4.69, 9.17) is 0 Å². The standard InChI is InChI=1S/C11H13NS/c1-8-3-4-10(9(2)7-8)11-12-5-6-13-11/h3-7,11-12H,1-2H3. The van der Waals surface area contributed by atoms with E-state index in [1.165, 1.54) is 16.7 Å². The first-order chi connectivity index (χ1) is 6.27. The van der Waals surface area contributed by atoms with E-state index in [-0.39, 0.29) is 0 Å². The van der Waals surface area contributed by atoms with E-state index in [0.29, 0.717) is 5.37 Å². The minimum absolute atomic E-state index is 0.417. The van der Waals surface area contributed by atoms with Crippen molar-refractivity contribution in [2.75, 3.05) is 0 Å². The third-order valence-corrected chi connectivity index (χ3v) is 3.19. The van der Waals surface area contributed by atoms with Crippen LogP contribution in [0.2, 0.25) is 0 Å². The molecule has 1 atom stereocenters. The Morgan fingerprint density at radius 3 is 2.77 bits per heavy atom. The molecule has 0 amide bonds. The summed E-state index contributed by atoms with van der Waals surface area (Å²) in [5.41, 5.74) is 4.09. The summed E-state index contributed by atoms with van der Waals surface area (Å²) in [6.07, 6.45) is 2.01. The molecule has 13 heavy (non-hydrogen) atoms. The van der Waals surface area contributed by atoms with E-state index < -0.39 is 0 Å². The maximum absolute atomic E-state index is 3.32. The van der Waals surface area contributed by atoms with Gasteiger partial charge in [-0.05, 0) is 30.4 Å². The fraction of sp³-hybridized carbons (Fsp3) is 0.273. The van der Waals surface area contributed by atoms with E-state index in [2.05, 4.69) is 42.8 Å². The summed E-state index contributed by atoms with van der Waals surface area (Å²) < 4.78 is 0. The van der Waals surface area contributed by atoms with Crippen LogP contribution in [0.1, 0.15) is 22.1 Å². The zero-order chi connectivity index (χ0) is 9.26. The van der Waals surface area contributed by atoms with Crippen LogP contribution in [0.5, 0.6) is 0 Å². The molecule has 1 aliphatic rings. The summed E-state index contributed by atoms with van der Waals surface area (Å²) >= 11 is 1.82. The van der Waals surface area contributed by atoms with E-state index in [0.717, 1.165) is 0 Å². The molecule has 0 saturated carbocycles. The first-order valence-electron chi connectivity index (χ1n) is 4.41.